The molecule has 0 saturated heterocycles. The second-order valence-electron chi connectivity index (χ2n) is 1.86. The Morgan fingerprint density at radius 2 is 2.45 bits per heavy atom. The van der Waals surface area contributed by atoms with Gasteiger partial charge in [-0.1, -0.05) is 4.49 Å². The highest BCUT2D eigenvalue weighted by Crippen LogP contribution is 2.01. The molecule has 0 atom stereocenters. The third kappa shape index (κ3) is 2.52. The molecular formula is C4H7N3O2S2. The zero-order valence-electron chi connectivity index (χ0n) is 5.81. The minimum Gasteiger partial charge on any atom is -0.218 e. The summed E-state index contributed by atoms with van der Waals surface area (Å²) in [7, 11) is -1.82. The molecule has 1 aromatic rings. The first-order valence-electron chi connectivity index (χ1n) is 2.81. The van der Waals surface area contributed by atoms with Crippen LogP contribution in [-0.4, -0.2) is 25.1 Å². The van der Waals surface area contributed by atoms with E-state index in [1.165, 1.54) is 7.05 Å². The summed E-state index contributed by atoms with van der Waals surface area (Å²) in [6.07, 6.45) is 0. The largest absolute Gasteiger partial charge is 0.218 e. The molecule has 0 saturated carbocycles. The van der Waals surface area contributed by atoms with Crippen molar-refractivity contribution in [3.63, 3.8) is 0 Å². The van der Waals surface area contributed by atoms with Crippen LogP contribution in [0.2, 0.25) is 0 Å². The first-order valence-corrected chi connectivity index (χ1v) is 5.30. The maximum atomic E-state index is 10.9. The van der Waals surface area contributed by atoms with Gasteiger partial charge in [0.2, 0.25) is 10.0 Å². The fraction of sp³-hybridized carbons (Fsp3) is 0.500. The van der Waals surface area contributed by atoms with Crippen molar-refractivity contribution in [1.29, 1.82) is 0 Å². The van der Waals surface area contributed by atoms with Crippen LogP contribution in [0.4, 0.5) is 0 Å². The van der Waals surface area contributed by atoms with Gasteiger partial charge in [0.1, 0.15) is 5.75 Å². The van der Waals surface area contributed by atoms with E-state index in [2.05, 4.69) is 14.3 Å². The van der Waals surface area contributed by atoms with E-state index in [1.807, 2.05) is 0 Å². The lowest BCUT2D eigenvalue weighted by Gasteiger charge is -1.96. The third-order valence-electron chi connectivity index (χ3n) is 1.05. The van der Waals surface area contributed by atoms with Crippen molar-refractivity contribution in [2.24, 2.45) is 0 Å². The van der Waals surface area contributed by atoms with E-state index in [0.29, 0.717) is 5.69 Å². The molecule has 7 heteroatoms. The molecule has 0 amide bonds. The van der Waals surface area contributed by atoms with Crippen molar-refractivity contribution in [3.05, 3.63) is 11.1 Å². The van der Waals surface area contributed by atoms with Crippen molar-refractivity contribution >= 4 is 21.6 Å². The van der Waals surface area contributed by atoms with Gasteiger partial charge >= 0.3 is 0 Å². The molecule has 1 rings (SSSR count). The summed E-state index contributed by atoms with van der Waals surface area (Å²) in [6.45, 7) is 0. The van der Waals surface area contributed by atoms with Crippen LogP contribution in [-0.2, 0) is 15.8 Å². The maximum absolute atomic E-state index is 10.9. The van der Waals surface area contributed by atoms with Crippen molar-refractivity contribution < 1.29 is 8.42 Å². The van der Waals surface area contributed by atoms with Gasteiger partial charge in [0, 0.05) is 5.38 Å². The van der Waals surface area contributed by atoms with Crippen molar-refractivity contribution in [2.45, 2.75) is 5.75 Å². The lowest BCUT2D eigenvalue weighted by atomic mass is 10.6. The zero-order valence-corrected chi connectivity index (χ0v) is 7.44. The Morgan fingerprint density at radius 3 is 2.91 bits per heavy atom. The van der Waals surface area contributed by atoms with Gasteiger partial charge in [-0.25, -0.2) is 13.1 Å². The molecule has 1 heterocycles. The van der Waals surface area contributed by atoms with Crippen LogP contribution in [0.3, 0.4) is 0 Å². The summed E-state index contributed by atoms with van der Waals surface area (Å²) >= 11 is 1.14. The van der Waals surface area contributed by atoms with E-state index in [4.69, 9.17) is 0 Å². The second kappa shape index (κ2) is 3.24. The molecule has 62 valence electrons. The second-order valence-corrected chi connectivity index (χ2v) is 4.40. The SMILES string of the molecule is CNS(=O)(=O)Cc1csnn1. The quantitative estimate of drug-likeness (QED) is 0.708. The molecule has 0 unspecified atom stereocenters. The van der Waals surface area contributed by atoms with E-state index in [-0.39, 0.29) is 5.75 Å². The molecule has 0 aliphatic rings. The van der Waals surface area contributed by atoms with Crippen LogP contribution in [0.15, 0.2) is 5.38 Å². The summed E-state index contributed by atoms with van der Waals surface area (Å²) in [5, 5.41) is 5.20. The fourth-order valence-corrected chi connectivity index (χ4v) is 1.75. The summed E-state index contributed by atoms with van der Waals surface area (Å²) in [5.74, 6) is -0.0972. The minimum absolute atomic E-state index is 0.0972. The molecule has 0 aliphatic carbocycles. The van der Waals surface area contributed by atoms with Gasteiger partial charge in [-0.2, -0.15) is 0 Å². The molecule has 0 spiro atoms. The molecule has 11 heavy (non-hydrogen) atoms. The Morgan fingerprint density at radius 1 is 1.73 bits per heavy atom. The predicted molar refractivity (Wildman–Crippen MR) is 41.6 cm³/mol. The summed E-state index contributed by atoms with van der Waals surface area (Å²) in [4.78, 5) is 0. The average Bonchev–Trinajstić information content (AvgIpc) is 2.39. The lowest BCUT2D eigenvalue weighted by Crippen LogP contribution is -2.20. The van der Waals surface area contributed by atoms with Crippen LogP contribution < -0.4 is 4.72 Å². The molecule has 0 bridgehead atoms. The van der Waals surface area contributed by atoms with Gasteiger partial charge in [-0.3, -0.25) is 0 Å². The molecule has 1 aromatic heterocycles. The maximum Gasteiger partial charge on any atom is 0.217 e. The van der Waals surface area contributed by atoms with Crippen LogP contribution in [0.25, 0.3) is 0 Å². The number of nitrogens with zero attached hydrogens (tertiary/aromatic N) is 2. The highest BCUT2D eigenvalue weighted by atomic mass is 32.2. The summed E-state index contributed by atoms with van der Waals surface area (Å²) in [6, 6.07) is 0. The number of hydrogen-bond acceptors (Lipinski definition) is 5. The van der Waals surface area contributed by atoms with Gasteiger partial charge in [0.15, 0.2) is 0 Å². The first-order chi connectivity index (χ1) is 5.14. The number of sulfonamides is 1. The Balaban J connectivity index is 2.72. The molecule has 1 N–H and O–H groups in total. The van der Waals surface area contributed by atoms with Gasteiger partial charge in [-0.15, -0.1) is 5.10 Å². The van der Waals surface area contributed by atoms with Crippen LogP contribution in [0, 0.1) is 0 Å². The average molecular weight is 193 g/mol. The standard InChI is InChI=1S/C4H7N3O2S2/c1-5-11(8,9)3-4-2-10-7-6-4/h2,5H,3H2,1H3. The van der Waals surface area contributed by atoms with Gasteiger partial charge in [0.05, 0.1) is 5.69 Å². The molecule has 0 aliphatic heterocycles. The first kappa shape index (κ1) is 8.57. The van der Waals surface area contributed by atoms with Crippen molar-refractivity contribution in [2.75, 3.05) is 7.05 Å². The smallest absolute Gasteiger partial charge is 0.217 e. The van der Waals surface area contributed by atoms with Crippen molar-refractivity contribution in [3.8, 4) is 0 Å². The number of hydrogen-bond donors (Lipinski definition) is 1. The predicted octanol–water partition coefficient (Wildman–Crippen LogP) is -0.413. The van der Waals surface area contributed by atoms with Crippen LogP contribution in [0.1, 0.15) is 5.69 Å². The van der Waals surface area contributed by atoms with Crippen molar-refractivity contribution in [1.82, 2.24) is 14.3 Å². The van der Waals surface area contributed by atoms with E-state index in [9.17, 15) is 8.42 Å². The third-order valence-corrected chi connectivity index (χ3v) is 2.91. The lowest BCUT2D eigenvalue weighted by molar-refractivity contribution is 0.586. The monoisotopic (exact) mass is 193 g/mol. The number of nitrogens with one attached hydrogen (secondary N) is 1. The normalized spacial score (nSPS) is 11.7. The fourth-order valence-electron chi connectivity index (χ4n) is 0.514. The highest BCUT2D eigenvalue weighted by molar-refractivity contribution is 7.88. The van der Waals surface area contributed by atoms with Gasteiger partial charge < -0.3 is 0 Å². The van der Waals surface area contributed by atoms with Gasteiger partial charge in [-0.05, 0) is 18.6 Å². The molecule has 5 nitrogen and oxygen atoms in total. The highest BCUT2D eigenvalue weighted by Gasteiger charge is 2.09. The summed E-state index contributed by atoms with van der Waals surface area (Å²) < 4.78 is 27.5. The summed E-state index contributed by atoms with van der Waals surface area (Å²) in [5.41, 5.74) is 0.476. The van der Waals surface area contributed by atoms with E-state index >= 15 is 0 Å². The topological polar surface area (TPSA) is 72.0 Å². The van der Waals surface area contributed by atoms with E-state index in [0.717, 1.165) is 11.5 Å². The minimum atomic E-state index is -3.19. The van der Waals surface area contributed by atoms with E-state index < -0.39 is 10.0 Å². The Hall–Kier alpha value is -0.530. The van der Waals surface area contributed by atoms with E-state index in [1.54, 1.807) is 5.38 Å². The number of rotatable bonds is 3. The van der Waals surface area contributed by atoms with Crippen LogP contribution >= 0.6 is 11.5 Å². The Kier molecular flexibility index (Phi) is 2.53. The molecule has 0 fully saturated rings. The van der Waals surface area contributed by atoms with Crippen LogP contribution in [0.5, 0.6) is 0 Å². The Bertz CT molecular complexity index is 304. The van der Waals surface area contributed by atoms with Gasteiger partial charge in [0.25, 0.3) is 0 Å². The molecule has 0 radical (unpaired) electrons. The molecule has 0 aromatic carbocycles. The number of aromatic nitrogens is 2. The Labute approximate surface area is 68.7 Å². The molecular weight excluding hydrogens is 186 g/mol. The zero-order chi connectivity index (χ0) is 8.32.